The first-order valence-electron chi connectivity index (χ1n) is 13.1. The zero-order valence-corrected chi connectivity index (χ0v) is 22.1. The molecule has 0 N–H and O–H groups in total. The van der Waals surface area contributed by atoms with Gasteiger partial charge < -0.3 is 23.7 Å². The lowest BCUT2D eigenvalue weighted by atomic mass is 9.75. The average molecular weight is 499 g/mol. The van der Waals surface area contributed by atoms with E-state index < -0.39 is 5.97 Å². The third-order valence-corrected chi connectivity index (χ3v) is 7.12. The molecule has 7 heteroatoms. The van der Waals surface area contributed by atoms with Crippen molar-refractivity contribution >= 4 is 17.3 Å². The van der Waals surface area contributed by atoms with Crippen LogP contribution in [0.1, 0.15) is 58.4 Å². The lowest BCUT2D eigenvalue weighted by molar-refractivity contribution is -0.140. The molecule has 1 saturated carbocycles. The van der Waals surface area contributed by atoms with Crippen molar-refractivity contribution in [3.8, 4) is 17.2 Å². The quantitative estimate of drug-likeness (QED) is 0.250. The van der Waals surface area contributed by atoms with Crippen LogP contribution < -0.4 is 14.2 Å². The number of benzene rings is 1. The van der Waals surface area contributed by atoms with Crippen LogP contribution in [0.5, 0.6) is 17.2 Å². The van der Waals surface area contributed by atoms with Gasteiger partial charge in [-0.15, -0.1) is 0 Å². The van der Waals surface area contributed by atoms with Crippen LogP contribution in [-0.4, -0.2) is 51.9 Å². The number of hydrogen-bond donors (Lipinski definition) is 0. The summed E-state index contributed by atoms with van der Waals surface area (Å²) in [4.78, 5) is 25.9. The number of allylic oxidation sites excluding steroid dienone is 1. The van der Waals surface area contributed by atoms with Gasteiger partial charge in [-0.2, -0.15) is 0 Å². The molecule has 1 aliphatic heterocycles. The van der Waals surface area contributed by atoms with E-state index in [2.05, 4.69) is 13.8 Å². The van der Waals surface area contributed by atoms with Gasteiger partial charge in [0.1, 0.15) is 17.4 Å². The highest BCUT2D eigenvalue weighted by atomic mass is 16.5. The molecule has 1 fully saturated rings. The second-order valence-electron chi connectivity index (χ2n) is 10.0. The normalized spacial score (nSPS) is 23.1. The monoisotopic (exact) mass is 498 g/mol. The Kier molecular flexibility index (Phi) is 8.39. The summed E-state index contributed by atoms with van der Waals surface area (Å²) in [7, 11) is 3.30. The Labute approximate surface area is 213 Å². The smallest absolute Gasteiger partial charge is 0.341 e. The van der Waals surface area contributed by atoms with Gasteiger partial charge in [0.25, 0.3) is 0 Å². The molecule has 2 unspecified atom stereocenters. The Morgan fingerprint density at radius 3 is 2.53 bits per heavy atom. The number of methoxy groups -OCH3 is 2. The average Bonchev–Trinajstić information content (AvgIpc) is 3.69. The topological polar surface area (TPSA) is 80.3 Å². The molecule has 7 nitrogen and oxygen atoms in total. The van der Waals surface area contributed by atoms with Gasteiger partial charge in [0, 0.05) is 38.2 Å². The first kappa shape index (κ1) is 26.3. The number of hydrogen-bond acceptors (Lipinski definition) is 7. The van der Waals surface area contributed by atoms with Gasteiger partial charge in [-0.1, -0.05) is 13.8 Å². The molecule has 1 aromatic carbocycles. The Balaban J connectivity index is 1.87. The molecule has 0 bridgehead atoms. The Morgan fingerprint density at radius 2 is 1.89 bits per heavy atom. The minimum Gasteiger partial charge on any atom is -0.493 e. The summed E-state index contributed by atoms with van der Waals surface area (Å²) in [6, 6.07) is 3.91. The highest BCUT2D eigenvalue weighted by Gasteiger charge is 2.42. The zero-order valence-electron chi connectivity index (χ0n) is 22.1. The van der Waals surface area contributed by atoms with Crippen LogP contribution in [0.2, 0.25) is 0 Å². The van der Waals surface area contributed by atoms with Crippen molar-refractivity contribution in [2.75, 3.05) is 34.0 Å². The van der Waals surface area contributed by atoms with E-state index in [1.165, 1.54) is 0 Å². The highest BCUT2D eigenvalue weighted by molar-refractivity contribution is 6.18. The van der Waals surface area contributed by atoms with Crippen LogP contribution in [0.15, 0.2) is 29.4 Å². The summed E-state index contributed by atoms with van der Waals surface area (Å²) in [5, 5.41) is 0. The maximum absolute atomic E-state index is 13.1. The molecule has 2 atom stereocenters. The molecular formula is C29H38O7. The molecule has 4 rings (SSSR count). The van der Waals surface area contributed by atoms with Gasteiger partial charge in [0.2, 0.25) is 0 Å². The van der Waals surface area contributed by atoms with E-state index in [0.717, 1.165) is 41.7 Å². The molecule has 1 aromatic rings. The highest BCUT2D eigenvalue weighted by Crippen LogP contribution is 2.54. The standard InChI is InChI=1S/C29H38O7/c1-6-34-29(31)20-14-22-27(19(18-8-9-18)10-11-23(20)30)21-15-25(33-5)26(35-13-7-12-32-4)16-24(21)36-28(22)17(2)3/h14-19,28H,6-13H2,1-5H3/b20-14+. The van der Waals surface area contributed by atoms with Crippen molar-refractivity contribution in [2.45, 2.75) is 59.0 Å². The third-order valence-electron chi connectivity index (χ3n) is 7.12. The van der Waals surface area contributed by atoms with E-state index >= 15 is 0 Å². The number of carbonyl (C=O) groups excluding carboxylic acids is 2. The van der Waals surface area contributed by atoms with Gasteiger partial charge in [-0.25, -0.2) is 4.79 Å². The van der Waals surface area contributed by atoms with Crippen molar-refractivity contribution in [1.82, 2.24) is 0 Å². The lowest BCUT2D eigenvalue weighted by Crippen LogP contribution is -2.33. The second-order valence-corrected chi connectivity index (χ2v) is 10.0. The molecule has 1 heterocycles. The molecule has 196 valence electrons. The molecular weight excluding hydrogens is 460 g/mol. The summed E-state index contributed by atoms with van der Waals surface area (Å²) < 4.78 is 28.7. The number of fused-ring (bicyclic) bond motifs is 2. The molecule has 0 radical (unpaired) electrons. The summed E-state index contributed by atoms with van der Waals surface area (Å²) in [6.45, 7) is 7.28. The number of Topliss-reactive ketones (excluding diaryl/α,β-unsaturated/α-hetero) is 1. The third kappa shape index (κ3) is 5.46. The van der Waals surface area contributed by atoms with Crippen molar-refractivity contribution in [3.63, 3.8) is 0 Å². The van der Waals surface area contributed by atoms with Crippen molar-refractivity contribution in [3.05, 3.63) is 34.9 Å². The fourth-order valence-corrected chi connectivity index (χ4v) is 5.24. The van der Waals surface area contributed by atoms with Gasteiger partial charge in [-0.3, -0.25) is 4.79 Å². The van der Waals surface area contributed by atoms with E-state index in [1.54, 1.807) is 27.2 Å². The summed E-state index contributed by atoms with van der Waals surface area (Å²) >= 11 is 0. The first-order chi connectivity index (χ1) is 17.4. The predicted octanol–water partition coefficient (Wildman–Crippen LogP) is 5.16. The van der Waals surface area contributed by atoms with E-state index in [9.17, 15) is 9.59 Å². The number of ether oxygens (including phenoxy) is 5. The molecule has 0 spiro atoms. The maximum Gasteiger partial charge on any atom is 0.341 e. The Bertz CT molecular complexity index is 1050. The van der Waals surface area contributed by atoms with E-state index in [-0.39, 0.29) is 35.9 Å². The largest absolute Gasteiger partial charge is 0.493 e. The van der Waals surface area contributed by atoms with Crippen molar-refractivity contribution in [1.29, 1.82) is 0 Å². The SMILES string of the molecule is CCOC(=O)/C1=C/C2=C(c3cc(OC)c(OCCCOC)cc3OC2C(C)C)C(C2CC2)CCC1=O. The molecule has 3 aliphatic rings. The van der Waals surface area contributed by atoms with E-state index in [1.807, 2.05) is 12.1 Å². The summed E-state index contributed by atoms with van der Waals surface area (Å²) in [5.41, 5.74) is 3.13. The van der Waals surface area contributed by atoms with Gasteiger partial charge in [-0.05, 0) is 67.2 Å². The van der Waals surface area contributed by atoms with Gasteiger partial charge >= 0.3 is 5.97 Å². The maximum atomic E-state index is 13.1. The van der Waals surface area contributed by atoms with Crippen molar-refractivity contribution in [2.24, 2.45) is 17.8 Å². The van der Waals surface area contributed by atoms with Crippen LogP contribution in [0.4, 0.5) is 0 Å². The minimum atomic E-state index is -0.565. The minimum absolute atomic E-state index is 0.112. The molecule has 0 amide bonds. The Hall–Kier alpha value is -2.80. The van der Waals surface area contributed by atoms with Crippen LogP contribution in [0, 0.1) is 17.8 Å². The van der Waals surface area contributed by atoms with Crippen LogP contribution >= 0.6 is 0 Å². The van der Waals surface area contributed by atoms with Gasteiger partial charge in [0.15, 0.2) is 17.3 Å². The lowest BCUT2D eigenvalue weighted by Gasteiger charge is -2.37. The number of ketones is 1. The van der Waals surface area contributed by atoms with Gasteiger partial charge in [0.05, 0.1) is 20.3 Å². The predicted molar refractivity (Wildman–Crippen MR) is 136 cm³/mol. The van der Waals surface area contributed by atoms with Crippen LogP contribution in [0.3, 0.4) is 0 Å². The number of carbonyl (C=O) groups is 2. The molecule has 0 saturated heterocycles. The van der Waals surface area contributed by atoms with E-state index in [0.29, 0.717) is 43.5 Å². The molecule has 36 heavy (non-hydrogen) atoms. The van der Waals surface area contributed by atoms with Crippen molar-refractivity contribution < 1.29 is 33.3 Å². The summed E-state index contributed by atoms with van der Waals surface area (Å²) in [5.74, 6) is 2.14. The van der Waals surface area contributed by atoms with E-state index in [4.69, 9.17) is 23.7 Å². The fraction of sp³-hybridized carbons (Fsp3) is 0.586. The summed E-state index contributed by atoms with van der Waals surface area (Å²) in [6.07, 6.45) is 5.51. The molecule has 0 aromatic heterocycles. The Morgan fingerprint density at radius 1 is 1.11 bits per heavy atom. The second kappa shape index (κ2) is 11.5. The number of esters is 1. The zero-order chi connectivity index (χ0) is 25.8. The van der Waals surface area contributed by atoms with Crippen LogP contribution in [0.25, 0.3) is 5.57 Å². The van der Waals surface area contributed by atoms with Crippen LogP contribution in [-0.2, 0) is 19.1 Å². The molecule has 2 aliphatic carbocycles. The number of rotatable bonds is 10. The first-order valence-corrected chi connectivity index (χ1v) is 13.1. The fourth-order valence-electron chi connectivity index (χ4n) is 5.24.